The van der Waals surface area contributed by atoms with Crippen LogP contribution in [0.2, 0.25) is 0 Å². The van der Waals surface area contributed by atoms with Crippen molar-refractivity contribution in [2.45, 2.75) is 12.3 Å². The van der Waals surface area contributed by atoms with Crippen molar-refractivity contribution in [3.05, 3.63) is 33.7 Å². The highest BCUT2D eigenvalue weighted by Gasteiger charge is 2.14. The number of halogens is 3. The summed E-state index contributed by atoms with van der Waals surface area (Å²) in [5, 5.41) is 0. The normalized spacial score (nSPS) is 10.7. The van der Waals surface area contributed by atoms with Gasteiger partial charge in [-0.15, -0.1) is 11.6 Å². The average Bonchev–Trinajstić information content (AvgIpc) is 2.03. The van der Waals surface area contributed by atoms with Crippen LogP contribution in [-0.4, -0.2) is 4.98 Å². The molecule has 66 valence electrons. The Morgan fingerprint density at radius 1 is 1.58 bits per heavy atom. The molecule has 12 heavy (non-hydrogen) atoms. The third-order valence-electron chi connectivity index (χ3n) is 1.45. The molecule has 0 aliphatic heterocycles. The molecule has 0 bridgehead atoms. The van der Waals surface area contributed by atoms with Crippen LogP contribution in [0.1, 0.15) is 17.7 Å². The number of rotatable bonds is 2. The summed E-state index contributed by atoms with van der Waals surface area (Å²) in [6, 6.07) is 1.17. The third kappa shape index (κ3) is 1.64. The van der Waals surface area contributed by atoms with E-state index < -0.39 is 17.5 Å². The number of nitrogens with one attached hydrogen (secondary N) is 1. The second-order valence-electron chi connectivity index (χ2n) is 2.17. The second-order valence-corrected chi connectivity index (χ2v) is 2.44. The zero-order chi connectivity index (χ0) is 9.14. The Morgan fingerprint density at radius 3 is 2.67 bits per heavy atom. The van der Waals surface area contributed by atoms with Crippen molar-refractivity contribution in [3.63, 3.8) is 0 Å². The number of alkyl halides is 3. The Morgan fingerprint density at radius 2 is 2.25 bits per heavy atom. The fourth-order valence-corrected chi connectivity index (χ4v) is 1.14. The highest BCUT2D eigenvalue weighted by Crippen LogP contribution is 2.18. The van der Waals surface area contributed by atoms with Crippen LogP contribution < -0.4 is 5.43 Å². The first kappa shape index (κ1) is 9.19. The van der Waals surface area contributed by atoms with Crippen molar-refractivity contribution in [1.82, 2.24) is 4.98 Å². The molecule has 1 heterocycles. The van der Waals surface area contributed by atoms with Crippen LogP contribution in [0.4, 0.5) is 8.78 Å². The first-order valence-corrected chi connectivity index (χ1v) is 3.75. The quantitative estimate of drug-likeness (QED) is 0.717. The number of pyridine rings is 1. The maximum absolute atomic E-state index is 12.2. The van der Waals surface area contributed by atoms with Gasteiger partial charge in [-0.25, -0.2) is 8.78 Å². The lowest BCUT2D eigenvalue weighted by Crippen LogP contribution is -2.11. The molecule has 2 nitrogen and oxygen atoms in total. The third-order valence-corrected chi connectivity index (χ3v) is 1.72. The Hall–Kier alpha value is -0.900. The van der Waals surface area contributed by atoms with E-state index in [4.69, 9.17) is 11.6 Å². The molecule has 0 aromatic carbocycles. The number of hydrogen-bond acceptors (Lipinski definition) is 1. The van der Waals surface area contributed by atoms with Gasteiger partial charge in [-0.1, -0.05) is 0 Å². The molecule has 0 amide bonds. The van der Waals surface area contributed by atoms with Crippen LogP contribution in [0.3, 0.4) is 0 Å². The molecular weight excluding hydrogens is 188 g/mol. The summed E-state index contributed by atoms with van der Waals surface area (Å²) in [6.07, 6.45) is -1.51. The van der Waals surface area contributed by atoms with Crippen molar-refractivity contribution in [3.8, 4) is 0 Å². The van der Waals surface area contributed by atoms with E-state index in [1.165, 1.54) is 12.3 Å². The minimum Gasteiger partial charge on any atom is -0.360 e. The topological polar surface area (TPSA) is 32.9 Å². The van der Waals surface area contributed by atoms with Gasteiger partial charge in [-0.05, 0) is 0 Å². The zero-order valence-corrected chi connectivity index (χ0v) is 6.74. The summed E-state index contributed by atoms with van der Waals surface area (Å²) in [6.45, 7) is 0. The van der Waals surface area contributed by atoms with Crippen LogP contribution in [0.25, 0.3) is 0 Å². The number of hydrogen-bond donors (Lipinski definition) is 1. The largest absolute Gasteiger partial charge is 0.360 e. The molecule has 0 spiro atoms. The molecule has 0 saturated heterocycles. The first-order valence-electron chi connectivity index (χ1n) is 3.21. The van der Waals surface area contributed by atoms with Gasteiger partial charge in [0.2, 0.25) is 0 Å². The van der Waals surface area contributed by atoms with E-state index in [2.05, 4.69) is 4.98 Å². The maximum Gasteiger partial charge on any atom is 0.278 e. The van der Waals surface area contributed by atoms with Crippen LogP contribution in [0.15, 0.2) is 17.1 Å². The Kier molecular flexibility index (Phi) is 2.81. The van der Waals surface area contributed by atoms with Gasteiger partial charge in [0.15, 0.2) is 5.43 Å². The van der Waals surface area contributed by atoms with Crippen LogP contribution >= 0.6 is 11.6 Å². The first-order chi connectivity index (χ1) is 5.66. The summed E-state index contributed by atoms with van der Waals surface area (Å²) in [7, 11) is 0. The van der Waals surface area contributed by atoms with E-state index in [-0.39, 0.29) is 11.4 Å². The van der Waals surface area contributed by atoms with E-state index >= 15 is 0 Å². The molecule has 1 aromatic heterocycles. The predicted molar refractivity (Wildman–Crippen MR) is 41.6 cm³/mol. The maximum atomic E-state index is 12.2. The molecule has 1 N–H and O–H groups in total. The summed E-state index contributed by atoms with van der Waals surface area (Å²) in [4.78, 5) is 13.2. The molecule has 0 atom stereocenters. The second kappa shape index (κ2) is 3.67. The fourth-order valence-electron chi connectivity index (χ4n) is 0.860. The van der Waals surface area contributed by atoms with E-state index in [1.54, 1.807) is 0 Å². The smallest absolute Gasteiger partial charge is 0.278 e. The monoisotopic (exact) mass is 193 g/mol. The van der Waals surface area contributed by atoms with E-state index in [1.807, 2.05) is 0 Å². The zero-order valence-electron chi connectivity index (χ0n) is 5.98. The Labute approximate surface area is 72.2 Å². The summed E-state index contributed by atoms with van der Waals surface area (Å²) in [5.74, 6) is -0.199. The van der Waals surface area contributed by atoms with Crippen molar-refractivity contribution < 1.29 is 8.78 Å². The van der Waals surface area contributed by atoms with Gasteiger partial charge in [-0.2, -0.15) is 0 Å². The van der Waals surface area contributed by atoms with Crippen molar-refractivity contribution in [2.24, 2.45) is 0 Å². The van der Waals surface area contributed by atoms with Gasteiger partial charge in [0.25, 0.3) is 6.43 Å². The molecule has 0 fully saturated rings. The van der Waals surface area contributed by atoms with Gasteiger partial charge < -0.3 is 4.98 Å². The minimum atomic E-state index is -2.69. The van der Waals surface area contributed by atoms with E-state index in [9.17, 15) is 13.6 Å². The molecule has 0 aliphatic carbocycles. The lowest BCUT2D eigenvalue weighted by atomic mass is 10.2. The molecule has 1 rings (SSSR count). The molecule has 5 heteroatoms. The molecule has 0 saturated carbocycles. The molecule has 0 aliphatic rings. The summed E-state index contributed by atoms with van der Waals surface area (Å²) >= 11 is 5.33. The van der Waals surface area contributed by atoms with Gasteiger partial charge in [-0.3, -0.25) is 4.79 Å². The van der Waals surface area contributed by atoms with Crippen molar-refractivity contribution >= 4 is 11.6 Å². The molecular formula is C7H6ClF2NO. The predicted octanol–water partition coefficient (Wildman–Crippen LogP) is 2.05. The lowest BCUT2D eigenvalue weighted by Gasteiger charge is -2.03. The Balaban J connectivity index is 3.28. The summed E-state index contributed by atoms with van der Waals surface area (Å²) < 4.78 is 24.3. The van der Waals surface area contributed by atoms with Gasteiger partial charge in [0.05, 0.1) is 11.6 Å². The summed E-state index contributed by atoms with van der Waals surface area (Å²) in [5.41, 5.74) is -0.911. The van der Waals surface area contributed by atoms with Crippen LogP contribution in [-0.2, 0) is 5.88 Å². The molecule has 1 aromatic rings. The van der Waals surface area contributed by atoms with Crippen LogP contribution in [0.5, 0.6) is 0 Å². The standard InChI is InChI=1S/C7H6ClF2NO/c8-3-4-5(12)1-2-11-6(4)7(9)10/h1-2,7H,3H2,(H,11,12). The van der Waals surface area contributed by atoms with Gasteiger partial charge >= 0.3 is 0 Å². The fraction of sp³-hybridized carbons (Fsp3) is 0.286. The van der Waals surface area contributed by atoms with Crippen LogP contribution in [0, 0.1) is 0 Å². The van der Waals surface area contributed by atoms with Gasteiger partial charge in [0.1, 0.15) is 0 Å². The average molecular weight is 194 g/mol. The van der Waals surface area contributed by atoms with E-state index in [0.29, 0.717) is 0 Å². The van der Waals surface area contributed by atoms with Crippen molar-refractivity contribution in [1.29, 1.82) is 0 Å². The minimum absolute atomic E-state index is 0.0610. The highest BCUT2D eigenvalue weighted by molar-refractivity contribution is 6.17. The van der Waals surface area contributed by atoms with Crippen molar-refractivity contribution in [2.75, 3.05) is 0 Å². The lowest BCUT2D eigenvalue weighted by molar-refractivity contribution is 0.145. The van der Waals surface area contributed by atoms with Gasteiger partial charge in [0, 0.05) is 17.8 Å². The number of aromatic amines is 1. The Bertz CT molecular complexity index is 323. The molecule has 0 unspecified atom stereocenters. The number of aromatic nitrogens is 1. The SMILES string of the molecule is O=c1cc[nH]c(C(F)F)c1CCl. The molecule has 0 radical (unpaired) electrons. The van der Waals surface area contributed by atoms with E-state index in [0.717, 1.165) is 0 Å². The number of H-pyrrole nitrogens is 1. The highest BCUT2D eigenvalue weighted by atomic mass is 35.5.